The highest BCUT2D eigenvalue weighted by Gasteiger charge is 2.23. The van der Waals surface area contributed by atoms with Gasteiger partial charge in [0.1, 0.15) is 0 Å². The van der Waals surface area contributed by atoms with E-state index in [0.717, 1.165) is 26.1 Å². The van der Waals surface area contributed by atoms with Gasteiger partial charge in [0.2, 0.25) is 0 Å². The quantitative estimate of drug-likeness (QED) is 0.865. The third kappa shape index (κ3) is 4.06. The molecule has 5 heteroatoms. The Morgan fingerprint density at radius 1 is 1.53 bits per heavy atom. The van der Waals surface area contributed by atoms with Crippen molar-refractivity contribution in [1.29, 1.82) is 0 Å². The van der Waals surface area contributed by atoms with Crippen LogP contribution < -0.4 is 15.8 Å². The number of hydrogen-bond acceptors (Lipinski definition) is 4. The molecule has 1 unspecified atom stereocenters. The molecule has 1 aromatic heterocycles. The van der Waals surface area contributed by atoms with Gasteiger partial charge < -0.3 is 15.2 Å². The smallest absolute Gasteiger partial charge is 0.290 e. The van der Waals surface area contributed by atoms with Crippen LogP contribution in [-0.4, -0.2) is 35.1 Å². The summed E-state index contributed by atoms with van der Waals surface area (Å²) in [6, 6.07) is 0. The molecule has 0 radical (unpaired) electrons. The number of piperidine rings is 1. The lowest BCUT2D eigenvalue weighted by Gasteiger charge is -2.34. The van der Waals surface area contributed by atoms with Crippen LogP contribution in [0.2, 0.25) is 0 Å². The molecule has 1 aromatic rings. The molecule has 2 rings (SSSR count). The number of nitrogens with one attached hydrogen (secondary N) is 2. The van der Waals surface area contributed by atoms with Gasteiger partial charge >= 0.3 is 0 Å². The second-order valence-corrected chi connectivity index (χ2v) is 6.33. The molecule has 0 aromatic carbocycles. The van der Waals surface area contributed by atoms with Crippen LogP contribution in [0.5, 0.6) is 0 Å². The molecule has 5 nitrogen and oxygen atoms in total. The monoisotopic (exact) mass is 264 g/mol. The van der Waals surface area contributed by atoms with Gasteiger partial charge in [-0.3, -0.25) is 4.79 Å². The predicted octanol–water partition coefficient (Wildman–Crippen LogP) is 1.37. The number of hydrogen-bond donors (Lipinski definition) is 2. The Morgan fingerprint density at radius 3 is 3.00 bits per heavy atom. The number of aromatic nitrogens is 2. The van der Waals surface area contributed by atoms with Crippen molar-refractivity contribution < 1.29 is 0 Å². The number of rotatable bonds is 3. The molecule has 0 spiro atoms. The van der Waals surface area contributed by atoms with Gasteiger partial charge in [0.25, 0.3) is 5.56 Å². The summed E-state index contributed by atoms with van der Waals surface area (Å²) < 4.78 is 0. The van der Waals surface area contributed by atoms with Gasteiger partial charge in [-0.2, -0.15) is 0 Å². The fourth-order valence-electron chi connectivity index (χ4n) is 2.44. The first-order chi connectivity index (χ1) is 8.96. The maximum atomic E-state index is 11.8. The molecule has 2 heterocycles. The van der Waals surface area contributed by atoms with Crippen LogP contribution in [0.25, 0.3) is 0 Å². The Labute approximate surface area is 114 Å². The van der Waals surface area contributed by atoms with Crippen molar-refractivity contribution in [3.8, 4) is 0 Å². The van der Waals surface area contributed by atoms with E-state index in [1.54, 1.807) is 12.4 Å². The second-order valence-electron chi connectivity index (χ2n) is 6.33. The Balaban J connectivity index is 1.98. The average Bonchev–Trinajstić information content (AvgIpc) is 2.36. The van der Waals surface area contributed by atoms with Gasteiger partial charge in [-0.1, -0.05) is 0 Å². The van der Waals surface area contributed by atoms with Crippen LogP contribution in [0.3, 0.4) is 0 Å². The van der Waals surface area contributed by atoms with E-state index in [-0.39, 0.29) is 11.1 Å². The minimum absolute atomic E-state index is 0.0908. The maximum Gasteiger partial charge on any atom is 0.290 e. The lowest BCUT2D eigenvalue weighted by molar-refractivity contribution is 0.334. The topological polar surface area (TPSA) is 61.0 Å². The Morgan fingerprint density at radius 2 is 2.32 bits per heavy atom. The molecule has 0 amide bonds. The molecular weight excluding hydrogens is 240 g/mol. The molecule has 0 aliphatic carbocycles. The fourth-order valence-corrected chi connectivity index (χ4v) is 2.44. The van der Waals surface area contributed by atoms with Crippen LogP contribution in [0.1, 0.15) is 33.6 Å². The average molecular weight is 264 g/mol. The van der Waals surface area contributed by atoms with E-state index in [4.69, 9.17) is 0 Å². The van der Waals surface area contributed by atoms with Gasteiger partial charge in [-0.25, -0.2) is 4.98 Å². The molecule has 19 heavy (non-hydrogen) atoms. The first-order valence-electron chi connectivity index (χ1n) is 6.99. The number of nitrogens with zero attached hydrogens (tertiary/aromatic N) is 2. The van der Waals surface area contributed by atoms with Crippen molar-refractivity contribution in [2.45, 2.75) is 39.2 Å². The van der Waals surface area contributed by atoms with Crippen molar-refractivity contribution in [1.82, 2.24) is 15.3 Å². The third-order valence-electron chi connectivity index (χ3n) is 3.43. The summed E-state index contributed by atoms with van der Waals surface area (Å²) in [5, 5.41) is 3.55. The van der Waals surface area contributed by atoms with Crippen molar-refractivity contribution in [2.75, 3.05) is 24.5 Å². The van der Waals surface area contributed by atoms with Crippen LogP contribution in [0, 0.1) is 5.92 Å². The van der Waals surface area contributed by atoms with E-state index in [0.29, 0.717) is 11.7 Å². The number of aromatic amines is 1. The summed E-state index contributed by atoms with van der Waals surface area (Å²) in [7, 11) is 0. The maximum absolute atomic E-state index is 11.8. The zero-order chi connectivity index (χ0) is 13.9. The standard InChI is InChI=1S/C14H24N4O/c1-14(2,3)17-9-11-5-4-8-18(10-11)12-13(19)16-7-6-15-12/h6-7,11,17H,4-5,8-10H2,1-3H3,(H,16,19). The highest BCUT2D eigenvalue weighted by molar-refractivity contribution is 5.35. The summed E-state index contributed by atoms with van der Waals surface area (Å²) >= 11 is 0. The highest BCUT2D eigenvalue weighted by atomic mass is 16.1. The largest absolute Gasteiger partial charge is 0.352 e. The molecule has 0 saturated carbocycles. The lowest BCUT2D eigenvalue weighted by Crippen LogP contribution is -2.45. The fraction of sp³-hybridized carbons (Fsp3) is 0.714. The molecule has 0 bridgehead atoms. The minimum atomic E-state index is -0.0908. The van der Waals surface area contributed by atoms with Crippen LogP contribution in [-0.2, 0) is 0 Å². The van der Waals surface area contributed by atoms with Gasteiger partial charge in [0.15, 0.2) is 5.82 Å². The molecule has 106 valence electrons. The SMILES string of the molecule is CC(C)(C)NCC1CCCN(c2ncc[nH]c2=O)C1. The van der Waals surface area contributed by atoms with Gasteiger partial charge in [0, 0.05) is 37.6 Å². The van der Waals surface area contributed by atoms with E-state index >= 15 is 0 Å². The Bertz CT molecular complexity index is 463. The van der Waals surface area contributed by atoms with Gasteiger partial charge in [-0.15, -0.1) is 0 Å². The zero-order valence-electron chi connectivity index (χ0n) is 12.1. The first-order valence-corrected chi connectivity index (χ1v) is 6.99. The highest BCUT2D eigenvalue weighted by Crippen LogP contribution is 2.19. The number of H-pyrrole nitrogens is 1. The summed E-state index contributed by atoms with van der Waals surface area (Å²) in [6.07, 6.45) is 5.55. The molecule has 1 aliphatic heterocycles. The molecule has 1 fully saturated rings. The molecule has 1 saturated heterocycles. The normalized spacial score (nSPS) is 20.6. The van der Waals surface area contributed by atoms with Gasteiger partial charge in [-0.05, 0) is 39.5 Å². The van der Waals surface area contributed by atoms with E-state index in [1.165, 1.54) is 6.42 Å². The second kappa shape index (κ2) is 5.74. The van der Waals surface area contributed by atoms with E-state index in [1.807, 2.05) is 0 Å². The Kier molecular flexibility index (Phi) is 4.24. The van der Waals surface area contributed by atoms with Crippen LogP contribution >= 0.6 is 0 Å². The zero-order valence-corrected chi connectivity index (χ0v) is 12.1. The first kappa shape index (κ1) is 14.1. The summed E-state index contributed by atoms with van der Waals surface area (Å²) in [4.78, 5) is 20.8. The number of anilines is 1. The predicted molar refractivity (Wildman–Crippen MR) is 77.6 cm³/mol. The van der Waals surface area contributed by atoms with Crippen molar-refractivity contribution in [3.63, 3.8) is 0 Å². The molecule has 2 N–H and O–H groups in total. The van der Waals surface area contributed by atoms with Crippen LogP contribution in [0.15, 0.2) is 17.2 Å². The van der Waals surface area contributed by atoms with E-state index < -0.39 is 0 Å². The van der Waals surface area contributed by atoms with E-state index in [2.05, 4.69) is 41.0 Å². The Hall–Kier alpha value is -1.36. The van der Waals surface area contributed by atoms with Crippen molar-refractivity contribution >= 4 is 5.82 Å². The van der Waals surface area contributed by atoms with E-state index in [9.17, 15) is 4.79 Å². The third-order valence-corrected chi connectivity index (χ3v) is 3.43. The van der Waals surface area contributed by atoms with Crippen molar-refractivity contribution in [3.05, 3.63) is 22.7 Å². The lowest BCUT2D eigenvalue weighted by atomic mass is 9.96. The minimum Gasteiger partial charge on any atom is -0.352 e. The molecule has 1 aliphatic rings. The summed E-state index contributed by atoms with van der Waals surface area (Å²) in [5.41, 5.74) is 0.0528. The summed E-state index contributed by atoms with van der Waals surface area (Å²) in [5.74, 6) is 1.14. The summed E-state index contributed by atoms with van der Waals surface area (Å²) in [6.45, 7) is 9.35. The molecular formula is C14H24N4O. The van der Waals surface area contributed by atoms with Crippen molar-refractivity contribution in [2.24, 2.45) is 5.92 Å². The van der Waals surface area contributed by atoms with Crippen LogP contribution in [0.4, 0.5) is 5.82 Å². The van der Waals surface area contributed by atoms with Gasteiger partial charge in [0.05, 0.1) is 0 Å². The molecule has 1 atom stereocenters.